The molecular formula is C79H156O27. The summed E-state index contributed by atoms with van der Waals surface area (Å²) in [7, 11) is 0. The second-order valence-electron chi connectivity index (χ2n) is 25.3. The number of carbonyl (C=O) groups excluding carboxylic acids is 2. The van der Waals surface area contributed by atoms with Crippen LogP contribution in [0.15, 0.2) is 0 Å². The predicted octanol–water partition coefficient (Wildman–Crippen LogP) is 10.3. The molecule has 0 aromatic heterocycles. The minimum Gasteiger partial charge on any atom is -0.381 e. The molecule has 0 atom stereocenters. The highest BCUT2D eigenvalue weighted by Gasteiger charge is 2.04. The van der Waals surface area contributed by atoms with Gasteiger partial charge in [-0.05, 0) is 162 Å². The highest BCUT2D eigenvalue weighted by Crippen LogP contribution is 2.02. The third-order valence-electron chi connectivity index (χ3n) is 14.8. The van der Waals surface area contributed by atoms with E-state index in [0.717, 1.165) is 148 Å². The van der Waals surface area contributed by atoms with Crippen LogP contribution in [0.5, 0.6) is 0 Å². The molecule has 106 heavy (non-hydrogen) atoms. The van der Waals surface area contributed by atoms with Crippen LogP contribution in [0.4, 0.5) is 0 Å². The van der Waals surface area contributed by atoms with Gasteiger partial charge in [0, 0.05) is 317 Å². The van der Waals surface area contributed by atoms with Gasteiger partial charge < -0.3 is 118 Å². The largest absolute Gasteiger partial charge is 0.381 e. The van der Waals surface area contributed by atoms with Gasteiger partial charge in [-0.1, -0.05) is 0 Å². The Hall–Kier alpha value is -1.66. The van der Waals surface area contributed by atoms with E-state index in [1.165, 1.54) is 0 Å². The van der Waals surface area contributed by atoms with Crippen molar-refractivity contribution < 1.29 is 128 Å². The Balaban J connectivity index is 3.10. The molecule has 0 saturated carbocycles. The van der Waals surface area contributed by atoms with Crippen LogP contribution >= 0.6 is 0 Å². The summed E-state index contributed by atoms with van der Waals surface area (Å²) < 4.78 is 141. The van der Waals surface area contributed by atoms with Crippen LogP contribution in [0.25, 0.3) is 0 Å². The molecule has 27 heteroatoms. The Kier molecular flexibility index (Phi) is 97.9. The molecule has 0 radical (unpaired) electrons. The number of rotatable bonds is 101. The molecule has 0 aliphatic heterocycles. The van der Waals surface area contributed by atoms with Gasteiger partial charge in [0.05, 0.1) is 26.4 Å². The highest BCUT2D eigenvalue weighted by atomic mass is 16.6. The van der Waals surface area contributed by atoms with Gasteiger partial charge in [-0.15, -0.1) is 0 Å². The Labute approximate surface area is 641 Å². The van der Waals surface area contributed by atoms with Crippen molar-refractivity contribution in [3.8, 4) is 0 Å². The van der Waals surface area contributed by atoms with E-state index in [4.69, 9.17) is 118 Å². The lowest BCUT2D eigenvalue weighted by Crippen LogP contribution is -2.09. The first-order valence-corrected chi connectivity index (χ1v) is 41.0. The van der Waals surface area contributed by atoms with E-state index >= 15 is 0 Å². The van der Waals surface area contributed by atoms with Crippen molar-refractivity contribution in [1.29, 1.82) is 0 Å². The van der Waals surface area contributed by atoms with Gasteiger partial charge in [-0.2, -0.15) is 0 Å². The van der Waals surface area contributed by atoms with Crippen LogP contribution in [0.3, 0.4) is 0 Å². The fraction of sp³-hybridized carbons (Fsp3) is 0.975. The molecule has 0 spiro atoms. The van der Waals surface area contributed by atoms with Crippen LogP contribution in [-0.4, -0.2) is 342 Å². The van der Waals surface area contributed by atoms with Crippen molar-refractivity contribution >= 4 is 11.6 Å². The first-order chi connectivity index (χ1) is 52.6. The minimum atomic E-state index is 0.140. The van der Waals surface area contributed by atoms with Gasteiger partial charge in [0.1, 0.15) is 11.6 Å². The molecule has 0 aliphatic carbocycles. The zero-order valence-electron chi connectivity index (χ0n) is 67.1. The monoisotopic (exact) mass is 1540 g/mol. The molecule has 27 nitrogen and oxygen atoms in total. The van der Waals surface area contributed by atoms with E-state index in [0.29, 0.717) is 343 Å². The van der Waals surface area contributed by atoms with E-state index in [1.54, 1.807) is 13.8 Å². The van der Waals surface area contributed by atoms with Crippen LogP contribution in [-0.2, 0) is 128 Å². The lowest BCUT2D eigenvalue weighted by Gasteiger charge is -2.08. The van der Waals surface area contributed by atoms with E-state index < -0.39 is 0 Å². The summed E-state index contributed by atoms with van der Waals surface area (Å²) in [5, 5.41) is 0. The fourth-order valence-electron chi connectivity index (χ4n) is 9.15. The number of hydrogen-bond donors (Lipinski definition) is 0. The van der Waals surface area contributed by atoms with Gasteiger partial charge in [0.25, 0.3) is 0 Å². The zero-order valence-corrected chi connectivity index (χ0v) is 67.1. The summed E-state index contributed by atoms with van der Waals surface area (Å²) in [6.07, 6.45) is 21.1. The molecule has 634 valence electrons. The molecule has 0 bridgehead atoms. The Morgan fingerprint density at radius 3 is 0.264 bits per heavy atom. The molecule has 0 aromatic rings. The Bertz CT molecular complexity index is 1490. The molecule has 0 aromatic carbocycles. The molecule has 0 heterocycles. The topological polar surface area (TPSA) is 265 Å². The van der Waals surface area contributed by atoms with E-state index in [1.807, 2.05) is 0 Å². The van der Waals surface area contributed by atoms with Crippen molar-refractivity contribution in [2.45, 2.75) is 174 Å². The third kappa shape index (κ3) is 102. The maximum atomic E-state index is 10.9. The quantitative estimate of drug-likeness (QED) is 0.0512. The van der Waals surface area contributed by atoms with Crippen molar-refractivity contribution in [3.05, 3.63) is 0 Å². The summed E-state index contributed by atoms with van der Waals surface area (Å²) in [6.45, 7) is 36.8. The Morgan fingerprint density at radius 1 is 0.113 bits per heavy atom. The van der Waals surface area contributed by atoms with Crippen LogP contribution in [0, 0.1) is 0 Å². The summed E-state index contributed by atoms with van der Waals surface area (Å²) in [5.41, 5.74) is 0. The standard InChI is InChI=1S/C79H156O27/c1-78(80)26-74-104-72-24-70-102-68-22-66-100-64-20-62-98-60-18-58-96-56-16-54-94-52-14-50-92-48-12-46-90-44-10-42-88-40-8-38-86-36-6-34-84-32-4-30-82-28-3-29-83-31-5-33-85-35-7-37-87-39-9-41-89-43-11-45-91-47-13-49-93-51-15-53-95-55-17-57-97-59-19-61-99-63-21-65-101-67-23-69-103-71-25-73-105-76-77-106-75-27-79(2)81/h3-77H2,1-2H3. The maximum absolute atomic E-state index is 10.9. The number of Topliss-reactive ketones (excluding diaryl/α,β-unsaturated/α-hetero) is 2. The maximum Gasteiger partial charge on any atom is 0.132 e. The lowest BCUT2D eigenvalue weighted by molar-refractivity contribution is -0.119. The van der Waals surface area contributed by atoms with Crippen LogP contribution in [0.2, 0.25) is 0 Å². The van der Waals surface area contributed by atoms with Gasteiger partial charge in [-0.25, -0.2) is 0 Å². The summed E-state index contributed by atoms with van der Waals surface area (Å²) in [5.74, 6) is 0.294. The second-order valence-corrected chi connectivity index (χ2v) is 25.3. The SMILES string of the molecule is CC(=O)CCOCCCOCCCOCCCOCCCOCCCOCCCOCCCOCCCOCCCOCCCOCCCOCCCOCCCOCCCOCCCOCCCOCCCOCCCOCCCOCCCOCCCOCCCOCCCOCCOCCC(C)=O. The average Bonchev–Trinajstić information content (AvgIpc) is 3.73. The van der Waals surface area contributed by atoms with Crippen LogP contribution < -0.4 is 0 Å². The van der Waals surface area contributed by atoms with Gasteiger partial charge in [0.15, 0.2) is 0 Å². The number of ether oxygens (including phenoxy) is 25. The third-order valence-corrected chi connectivity index (χ3v) is 14.8. The first kappa shape index (κ1) is 104. The van der Waals surface area contributed by atoms with Crippen molar-refractivity contribution in [1.82, 2.24) is 0 Å². The smallest absolute Gasteiger partial charge is 0.132 e. The zero-order chi connectivity index (χ0) is 75.9. The molecule has 0 unspecified atom stereocenters. The molecule has 0 amide bonds. The van der Waals surface area contributed by atoms with E-state index in [2.05, 4.69) is 0 Å². The number of carbonyl (C=O) groups is 2. The van der Waals surface area contributed by atoms with Gasteiger partial charge in [0.2, 0.25) is 0 Å². The minimum absolute atomic E-state index is 0.140. The lowest BCUT2D eigenvalue weighted by atomic mass is 10.3. The predicted molar refractivity (Wildman–Crippen MR) is 407 cm³/mol. The average molecular weight is 1540 g/mol. The summed E-state index contributed by atoms with van der Waals surface area (Å²) in [6, 6.07) is 0. The summed E-state index contributed by atoms with van der Waals surface area (Å²) >= 11 is 0. The van der Waals surface area contributed by atoms with E-state index in [-0.39, 0.29) is 11.6 Å². The molecule has 0 saturated heterocycles. The number of ketones is 2. The van der Waals surface area contributed by atoms with Gasteiger partial charge >= 0.3 is 0 Å². The van der Waals surface area contributed by atoms with Gasteiger partial charge in [-0.3, -0.25) is 9.59 Å². The van der Waals surface area contributed by atoms with Crippen LogP contribution in [0.1, 0.15) is 174 Å². The normalized spacial score (nSPS) is 11.8. The van der Waals surface area contributed by atoms with Crippen molar-refractivity contribution in [2.24, 2.45) is 0 Å². The first-order valence-electron chi connectivity index (χ1n) is 41.0. The second kappa shape index (κ2) is 99.4. The van der Waals surface area contributed by atoms with Crippen molar-refractivity contribution in [3.63, 3.8) is 0 Å². The molecule has 0 aliphatic rings. The molecule has 0 rings (SSSR count). The van der Waals surface area contributed by atoms with Crippen molar-refractivity contribution in [2.75, 3.05) is 330 Å². The molecular weight excluding hydrogens is 1380 g/mol. The molecule has 0 fully saturated rings. The van der Waals surface area contributed by atoms with E-state index in [9.17, 15) is 9.59 Å². The highest BCUT2D eigenvalue weighted by molar-refractivity contribution is 5.75. The molecule has 0 N–H and O–H groups in total. The summed E-state index contributed by atoms with van der Waals surface area (Å²) in [4.78, 5) is 21.7. The number of hydrogen-bond acceptors (Lipinski definition) is 27. The Morgan fingerprint density at radius 2 is 0.179 bits per heavy atom. The fourth-order valence-corrected chi connectivity index (χ4v) is 9.15.